The van der Waals surface area contributed by atoms with Crippen LogP contribution < -0.4 is 9.80 Å². The van der Waals surface area contributed by atoms with E-state index in [-0.39, 0.29) is 20.1 Å². The summed E-state index contributed by atoms with van der Waals surface area (Å²) < 4.78 is 2.24. The molecule has 7 aromatic rings. The van der Waals surface area contributed by atoms with E-state index in [1.807, 2.05) is 48.7 Å². The van der Waals surface area contributed by atoms with Gasteiger partial charge in [0.1, 0.15) is 0 Å². The third-order valence-corrected chi connectivity index (χ3v) is 8.97. The van der Waals surface area contributed by atoms with Crippen LogP contribution in [0.5, 0.6) is 0 Å². The monoisotopic (exact) mass is 842 g/mol. The van der Waals surface area contributed by atoms with Gasteiger partial charge in [0.2, 0.25) is 0 Å². The summed E-state index contributed by atoms with van der Waals surface area (Å²) in [6.07, 6.45) is 3.96. The van der Waals surface area contributed by atoms with E-state index in [1.54, 1.807) is 0 Å². The van der Waals surface area contributed by atoms with Gasteiger partial charge in [-0.1, -0.05) is 88.4 Å². The van der Waals surface area contributed by atoms with Crippen LogP contribution in [0, 0.1) is 18.8 Å². The standard InChI is InChI=1S/C27H27N2.C19H14N2.Ir/c1-19(2)24-17-23(21-11-7-5-8-12-21)18-25(20(3)4)26(24)29-16-15-28-27(29)22-13-9-6-10-14-22;1-3-9-16(10-4-1)20-15-21(17-11-5-2-6-12-17)19-14-8-7-13-18(19)20;/h5-13,15-20H,1-4H3;1-11,13-15H;/q-1;-2;+3. The predicted octanol–water partition coefficient (Wildman–Crippen LogP) is 12.1. The Morgan fingerprint density at radius 1 is 0.588 bits per heavy atom. The normalized spacial score (nSPS) is 12.0. The van der Waals surface area contributed by atoms with Crippen molar-refractivity contribution >= 4 is 22.7 Å². The first-order valence-electron chi connectivity index (χ1n) is 17.3. The summed E-state index contributed by atoms with van der Waals surface area (Å²) in [5.41, 5.74) is 12.0. The van der Waals surface area contributed by atoms with Gasteiger partial charge in [-0.3, -0.25) is 4.98 Å². The van der Waals surface area contributed by atoms with E-state index in [0.717, 1.165) is 22.8 Å². The second-order valence-electron chi connectivity index (χ2n) is 13.0. The first kappa shape index (κ1) is 35.6. The van der Waals surface area contributed by atoms with Crippen LogP contribution in [0.2, 0.25) is 0 Å². The quantitative estimate of drug-likeness (QED) is 0.149. The first-order chi connectivity index (χ1) is 24.5. The Labute approximate surface area is 316 Å². The number of imidazole rings is 1. The van der Waals surface area contributed by atoms with Crippen LogP contribution in [-0.2, 0) is 20.1 Å². The Morgan fingerprint density at radius 3 is 1.75 bits per heavy atom. The molecule has 0 unspecified atom stereocenters. The van der Waals surface area contributed by atoms with Crippen LogP contribution in [0.4, 0.5) is 22.7 Å². The molecule has 254 valence electrons. The van der Waals surface area contributed by atoms with Crippen molar-refractivity contribution in [1.29, 1.82) is 0 Å². The summed E-state index contributed by atoms with van der Waals surface area (Å²) in [5, 5.41) is 0. The number of hydrogen-bond donors (Lipinski definition) is 0. The minimum Gasteiger partial charge on any atom is -0.493 e. The van der Waals surface area contributed by atoms with Crippen molar-refractivity contribution in [2.45, 2.75) is 39.5 Å². The molecule has 0 radical (unpaired) electrons. The van der Waals surface area contributed by atoms with Crippen LogP contribution in [0.25, 0.3) is 28.2 Å². The van der Waals surface area contributed by atoms with Crippen molar-refractivity contribution in [1.82, 2.24) is 9.55 Å². The Morgan fingerprint density at radius 2 is 1.16 bits per heavy atom. The maximum atomic E-state index is 4.68. The van der Waals surface area contributed by atoms with Crippen LogP contribution >= 0.6 is 0 Å². The summed E-state index contributed by atoms with van der Waals surface area (Å²) in [5.74, 6) is 1.71. The predicted molar refractivity (Wildman–Crippen MR) is 208 cm³/mol. The van der Waals surface area contributed by atoms with Crippen LogP contribution in [0.3, 0.4) is 0 Å². The number of para-hydroxylation sites is 4. The number of nitrogens with zero attached hydrogens (tertiary/aromatic N) is 4. The third-order valence-electron chi connectivity index (χ3n) is 8.97. The maximum absolute atomic E-state index is 4.68. The molecule has 0 atom stereocenters. The van der Waals surface area contributed by atoms with Gasteiger partial charge in [0, 0.05) is 35.1 Å². The fourth-order valence-corrected chi connectivity index (χ4v) is 6.48. The summed E-state index contributed by atoms with van der Waals surface area (Å²) in [6.45, 7) is 11.2. The fraction of sp³-hybridized carbons (Fsp3) is 0.130. The Balaban J connectivity index is 0.000000180. The molecule has 2 heterocycles. The Hall–Kier alpha value is -5.22. The van der Waals surface area contributed by atoms with Gasteiger partial charge in [-0.05, 0) is 70.5 Å². The molecule has 1 aliphatic heterocycles. The van der Waals surface area contributed by atoms with Gasteiger partial charge < -0.3 is 14.4 Å². The summed E-state index contributed by atoms with van der Waals surface area (Å²) >= 11 is 0. The molecule has 0 aliphatic carbocycles. The van der Waals surface area contributed by atoms with Crippen LogP contribution in [0.15, 0.2) is 158 Å². The number of fused-ring (bicyclic) bond motifs is 1. The number of aromatic nitrogens is 2. The third kappa shape index (κ3) is 7.61. The molecule has 4 nitrogen and oxygen atoms in total. The van der Waals surface area contributed by atoms with E-state index in [9.17, 15) is 0 Å². The van der Waals surface area contributed by atoms with E-state index in [0.29, 0.717) is 11.8 Å². The van der Waals surface area contributed by atoms with Crippen LogP contribution in [-0.4, -0.2) is 9.55 Å². The molecule has 0 amide bonds. The summed E-state index contributed by atoms with van der Waals surface area (Å²) in [6, 6.07) is 56.8. The Bertz CT molecular complexity index is 2050. The van der Waals surface area contributed by atoms with E-state index in [1.165, 1.54) is 39.3 Å². The van der Waals surface area contributed by atoms with Crippen molar-refractivity contribution in [3.63, 3.8) is 0 Å². The molecule has 1 aromatic heterocycles. The number of benzene rings is 6. The van der Waals surface area contributed by atoms with Gasteiger partial charge in [0.25, 0.3) is 0 Å². The number of rotatable bonds is 7. The molecule has 8 rings (SSSR count). The van der Waals surface area contributed by atoms with Gasteiger partial charge >= 0.3 is 20.1 Å². The SMILES string of the molecule is CC(C)c1cc(-c2ccccc2)cc(C(C)C)c1-n1ccnc1-c1[c-]cccc1.[Ir+3].[c-]1ccccc1N1[CH-]N(c2ccccc2)c2ccccc21. The van der Waals surface area contributed by atoms with Crippen molar-refractivity contribution < 1.29 is 20.1 Å². The van der Waals surface area contributed by atoms with Crippen LogP contribution in [0.1, 0.15) is 50.7 Å². The smallest absolute Gasteiger partial charge is 0.493 e. The molecule has 0 saturated heterocycles. The molecule has 0 spiro atoms. The van der Waals surface area contributed by atoms with E-state index in [2.05, 4.69) is 175 Å². The Kier molecular flexibility index (Phi) is 11.3. The van der Waals surface area contributed by atoms with Gasteiger partial charge in [-0.2, -0.15) is 30.3 Å². The average molecular weight is 842 g/mol. The average Bonchev–Trinajstić information content (AvgIpc) is 3.82. The number of anilines is 4. The van der Waals surface area contributed by atoms with Gasteiger partial charge in [-0.25, -0.2) is 0 Å². The van der Waals surface area contributed by atoms with Gasteiger partial charge in [0.05, 0.1) is 5.82 Å². The minimum absolute atomic E-state index is 0. The molecule has 0 fully saturated rings. The van der Waals surface area contributed by atoms with Crippen molar-refractivity contribution in [2.75, 3.05) is 9.80 Å². The second kappa shape index (κ2) is 16.2. The molecular weight excluding hydrogens is 801 g/mol. The van der Waals surface area contributed by atoms with Crippen molar-refractivity contribution in [3.05, 3.63) is 188 Å². The fourth-order valence-electron chi connectivity index (χ4n) is 6.48. The molecule has 6 aromatic carbocycles. The van der Waals surface area contributed by atoms with E-state index < -0.39 is 0 Å². The maximum Gasteiger partial charge on any atom is 3.00 e. The van der Waals surface area contributed by atoms with Gasteiger partial charge in [0.15, 0.2) is 0 Å². The first-order valence-corrected chi connectivity index (χ1v) is 17.3. The van der Waals surface area contributed by atoms with E-state index >= 15 is 0 Å². The van der Waals surface area contributed by atoms with Gasteiger partial charge in [-0.15, -0.1) is 48.3 Å². The molecule has 0 bridgehead atoms. The summed E-state index contributed by atoms with van der Waals surface area (Å²) in [4.78, 5) is 9.05. The topological polar surface area (TPSA) is 24.3 Å². The largest absolute Gasteiger partial charge is 3.00 e. The molecule has 1 aliphatic rings. The minimum atomic E-state index is 0. The van der Waals surface area contributed by atoms with E-state index in [4.69, 9.17) is 0 Å². The molecule has 5 heteroatoms. The molecule has 0 N–H and O–H groups in total. The summed E-state index contributed by atoms with van der Waals surface area (Å²) in [7, 11) is 0. The number of hydrogen-bond acceptors (Lipinski definition) is 3. The second-order valence-corrected chi connectivity index (χ2v) is 13.0. The molecular formula is C46H41IrN4. The van der Waals surface area contributed by atoms with Crippen molar-refractivity contribution in [3.8, 4) is 28.2 Å². The molecule has 51 heavy (non-hydrogen) atoms. The zero-order chi connectivity index (χ0) is 34.5. The van der Waals surface area contributed by atoms with Crippen molar-refractivity contribution in [2.24, 2.45) is 0 Å². The zero-order valence-corrected chi connectivity index (χ0v) is 31.8. The zero-order valence-electron chi connectivity index (χ0n) is 29.4. The molecule has 0 saturated carbocycles.